The fraction of sp³-hybridized carbons (Fsp3) is 0. The molecule has 0 amide bonds. The van der Waals surface area contributed by atoms with Gasteiger partial charge in [-0.15, -0.1) is 0 Å². The Morgan fingerprint density at radius 1 is 0.200 bits per heavy atom. The first-order valence-corrected chi connectivity index (χ1v) is 20.1. The van der Waals surface area contributed by atoms with Crippen LogP contribution < -0.4 is 0 Å². The van der Waals surface area contributed by atoms with Crippen LogP contribution in [-0.4, -0.2) is 19.9 Å². The predicted octanol–water partition coefficient (Wildman–Crippen LogP) is 14.3. The third-order valence-corrected chi connectivity index (χ3v) is 10.8. The molecule has 0 unspecified atom stereocenters. The molecule has 0 aliphatic heterocycles. The summed E-state index contributed by atoms with van der Waals surface area (Å²) in [5.74, 6) is 1.85. The van der Waals surface area contributed by atoms with Crippen molar-refractivity contribution in [3.8, 4) is 101 Å². The van der Waals surface area contributed by atoms with Crippen LogP contribution in [0.25, 0.3) is 101 Å². The fourth-order valence-corrected chi connectivity index (χ4v) is 7.63. The van der Waals surface area contributed by atoms with Crippen molar-refractivity contribution in [3.63, 3.8) is 0 Å². The molecular formula is C56H38N4. The molecule has 2 heterocycles. The SMILES string of the molecule is c1ccc(-c2ccc(-c3nc(-c4ccc(-c5ccccc5)cc4)nc(-c4cccc(-c5cccc(-c6ccc(-c7ccccc7)nc6-c6ccccc6)c5)c4)n3)cc2)cc1. The van der Waals surface area contributed by atoms with Crippen LogP contribution in [0.1, 0.15) is 0 Å². The fourth-order valence-electron chi connectivity index (χ4n) is 7.63. The van der Waals surface area contributed by atoms with Crippen LogP contribution in [0.2, 0.25) is 0 Å². The molecule has 0 saturated heterocycles. The Balaban J connectivity index is 1.04. The molecule has 60 heavy (non-hydrogen) atoms. The standard InChI is InChI=1S/C56H38N4/c1-5-15-39(16-6-1)41-27-31-45(32-28-41)54-58-55(46-33-29-42(30-34-46)40-17-7-2-8-18-40)60-56(59-54)50-26-14-24-48(38-50)47-23-13-25-49(37-47)51-35-36-52(43-19-9-3-10-20-43)57-53(51)44-21-11-4-12-22-44/h1-38H. The summed E-state index contributed by atoms with van der Waals surface area (Å²) in [7, 11) is 0. The van der Waals surface area contributed by atoms with Gasteiger partial charge in [0.25, 0.3) is 0 Å². The van der Waals surface area contributed by atoms with E-state index in [0.717, 1.165) is 83.7 Å². The molecule has 0 bridgehead atoms. The zero-order valence-electron chi connectivity index (χ0n) is 32.7. The van der Waals surface area contributed by atoms with Gasteiger partial charge in [-0.2, -0.15) is 0 Å². The first-order valence-electron chi connectivity index (χ1n) is 20.1. The Hall–Kier alpha value is -8.08. The normalized spacial score (nSPS) is 11.0. The van der Waals surface area contributed by atoms with Gasteiger partial charge >= 0.3 is 0 Å². The summed E-state index contributed by atoms with van der Waals surface area (Å²) in [5, 5.41) is 0. The lowest BCUT2D eigenvalue weighted by atomic mass is 9.94. The van der Waals surface area contributed by atoms with Crippen LogP contribution in [0, 0.1) is 0 Å². The van der Waals surface area contributed by atoms with Gasteiger partial charge in [0, 0.05) is 33.4 Å². The summed E-state index contributed by atoms with van der Waals surface area (Å²) < 4.78 is 0. The summed E-state index contributed by atoms with van der Waals surface area (Å²) in [6, 6.07) is 79.9. The van der Waals surface area contributed by atoms with Crippen LogP contribution in [0.5, 0.6) is 0 Å². The van der Waals surface area contributed by atoms with E-state index in [1.54, 1.807) is 0 Å². The first kappa shape index (κ1) is 36.3. The lowest BCUT2D eigenvalue weighted by molar-refractivity contribution is 1.07. The molecule has 0 aliphatic rings. The molecule has 0 spiro atoms. The van der Waals surface area contributed by atoms with Gasteiger partial charge in [-0.05, 0) is 57.1 Å². The molecular weight excluding hydrogens is 729 g/mol. The second kappa shape index (κ2) is 16.4. The first-order chi connectivity index (χ1) is 29.7. The van der Waals surface area contributed by atoms with E-state index < -0.39 is 0 Å². The molecule has 0 aliphatic carbocycles. The van der Waals surface area contributed by atoms with Gasteiger partial charge < -0.3 is 0 Å². The number of hydrogen-bond acceptors (Lipinski definition) is 4. The number of hydrogen-bond donors (Lipinski definition) is 0. The summed E-state index contributed by atoms with van der Waals surface area (Å²) in [4.78, 5) is 20.5. The third kappa shape index (κ3) is 7.66. The number of pyridine rings is 1. The van der Waals surface area contributed by atoms with Crippen LogP contribution in [0.4, 0.5) is 0 Å². The molecule has 0 N–H and O–H groups in total. The van der Waals surface area contributed by atoms with Gasteiger partial charge in [-0.25, -0.2) is 19.9 Å². The summed E-state index contributed by atoms with van der Waals surface area (Å²) in [5.41, 5.74) is 15.7. The van der Waals surface area contributed by atoms with Crippen molar-refractivity contribution < 1.29 is 0 Å². The molecule has 2 aromatic heterocycles. The number of aromatic nitrogens is 4. The van der Waals surface area contributed by atoms with Gasteiger partial charge in [0.2, 0.25) is 0 Å². The Kier molecular flexibility index (Phi) is 9.92. The van der Waals surface area contributed by atoms with Gasteiger partial charge in [0.05, 0.1) is 11.4 Å². The van der Waals surface area contributed by atoms with E-state index in [2.05, 4.69) is 206 Å². The lowest BCUT2D eigenvalue weighted by Gasteiger charge is -2.14. The van der Waals surface area contributed by atoms with E-state index in [9.17, 15) is 0 Å². The Bertz CT molecular complexity index is 2940. The van der Waals surface area contributed by atoms with Crippen molar-refractivity contribution in [2.75, 3.05) is 0 Å². The highest BCUT2D eigenvalue weighted by atomic mass is 15.0. The highest BCUT2D eigenvalue weighted by molar-refractivity contribution is 5.85. The molecule has 4 heteroatoms. The Labute approximate surface area is 350 Å². The molecule has 0 saturated carbocycles. The number of benzene rings is 8. The van der Waals surface area contributed by atoms with Gasteiger partial charge in [0.1, 0.15) is 0 Å². The zero-order chi connectivity index (χ0) is 40.1. The smallest absolute Gasteiger partial charge is 0.164 e. The maximum Gasteiger partial charge on any atom is 0.164 e. The van der Waals surface area contributed by atoms with Crippen LogP contribution in [0.3, 0.4) is 0 Å². The van der Waals surface area contributed by atoms with Gasteiger partial charge in [0.15, 0.2) is 17.5 Å². The molecule has 0 radical (unpaired) electrons. The average Bonchev–Trinajstić information content (AvgIpc) is 3.35. The Morgan fingerprint density at radius 3 is 1.05 bits per heavy atom. The molecule has 10 aromatic rings. The van der Waals surface area contributed by atoms with Crippen molar-refractivity contribution in [1.29, 1.82) is 0 Å². The molecule has 10 rings (SSSR count). The largest absolute Gasteiger partial charge is 0.247 e. The second-order valence-electron chi connectivity index (χ2n) is 14.7. The maximum absolute atomic E-state index is 5.23. The lowest BCUT2D eigenvalue weighted by Crippen LogP contribution is -2.00. The average molecular weight is 767 g/mol. The Morgan fingerprint density at radius 2 is 0.550 bits per heavy atom. The summed E-state index contributed by atoms with van der Waals surface area (Å²) in [6.45, 7) is 0. The minimum atomic E-state index is 0.611. The minimum absolute atomic E-state index is 0.611. The van der Waals surface area contributed by atoms with Crippen LogP contribution in [0.15, 0.2) is 231 Å². The van der Waals surface area contributed by atoms with Crippen LogP contribution in [-0.2, 0) is 0 Å². The van der Waals surface area contributed by atoms with Crippen molar-refractivity contribution in [2.24, 2.45) is 0 Å². The van der Waals surface area contributed by atoms with Gasteiger partial charge in [-0.3, -0.25) is 0 Å². The van der Waals surface area contributed by atoms with E-state index in [0.29, 0.717) is 17.5 Å². The van der Waals surface area contributed by atoms with E-state index in [1.165, 1.54) is 0 Å². The molecule has 282 valence electrons. The molecule has 0 fully saturated rings. The summed E-state index contributed by atoms with van der Waals surface area (Å²) >= 11 is 0. The summed E-state index contributed by atoms with van der Waals surface area (Å²) in [6.07, 6.45) is 0. The second-order valence-corrected chi connectivity index (χ2v) is 14.7. The molecule has 0 atom stereocenters. The predicted molar refractivity (Wildman–Crippen MR) is 247 cm³/mol. The quantitative estimate of drug-likeness (QED) is 0.147. The van der Waals surface area contributed by atoms with E-state index >= 15 is 0 Å². The van der Waals surface area contributed by atoms with Crippen molar-refractivity contribution in [1.82, 2.24) is 19.9 Å². The van der Waals surface area contributed by atoms with Gasteiger partial charge in [-0.1, -0.05) is 212 Å². The molecule has 4 nitrogen and oxygen atoms in total. The monoisotopic (exact) mass is 766 g/mol. The van der Waals surface area contributed by atoms with E-state index in [1.807, 2.05) is 24.3 Å². The highest BCUT2D eigenvalue weighted by Crippen LogP contribution is 2.36. The highest BCUT2D eigenvalue weighted by Gasteiger charge is 2.16. The molecule has 8 aromatic carbocycles. The van der Waals surface area contributed by atoms with Crippen molar-refractivity contribution in [2.45, 2.75) is 0 Å². The van der Waals surface area contributed by atoms with E-state index in [4.69, 9.17) is 19.9 Å². The van der Waals surface area contributed by atoms with E-state index in [-0.39, 0.29) is 0 Å². The zero-order valence-corrected chi connectivity index (χ0v) is 32.7. The van der Waals surface area contributed by atoms with Crippen LogP contribution >= 0.6 is 0 Å². The van der Waals surface area contributed by atoms with Crippen molar-refractivity contribution >= 4 is 0 Å². The topological polar surface area (TPSA) is 51.6 Å². The number of rotatable bonds is 9. The maximum atomic E-state index is 5.23. The number of nitrogens with zero attached hydrogens (tertiary/aromatic N) is 4. The minimum Gasteiger partial charge on any atom is -0.247 e. The van der Waals surface area contributed by atoms with Crippen molar-refractivity contribution in [3.05, 3.63) is 231 Å². The third-order valence-electron chi connectivity index (χ3n) is 10.8.